The zero-order valence-electron chi connectivity index (χ0n) is 11.1. The second-order valence-electron chi connectivity index (χ2n) is 3.27. The molecule has 0 unspecified atom stereocenters. The lowest BCUT2D eigenvalue weighted by Gasteiger charge is -2.04. The maximum atomic E-state index is 8.86. The second-order valence-corrected chi connectivity index (χ2v) is 3.27. The first-order valence-corrected chi connectivity index (χ1v) is 5.78. The molecule has 1 aromatic rings. The fraction of sp³-hybridized carbons (Fsp3) is 0.357. The highest BCUT2D eigenvalue weighted by molar-refractivity contribution is 5.66. The Morgan fingerprint density at radius 3 is 2.41 bits per heavy atom. The van der Waals surface area contributed by atoms with Crippen LogP contribution in [0.4, 0.5) is 0 Å². The number of hydrogen-bond acceptors (Lipinski definition) is 2. The average Bonchev–Trinajstić information content (AvgIpc) is 2.37. The summed E-state index contributed by atoms with van der Waals surface area (Å²) in [6, 6.07) is 9.95. The zero-order chi connectivity index (χ0) is 13.1. The zero-order valence-corrected chi connectivity index (χ0v) is 11.1. The molecule has 1 aromatic carbocycles. The van der Waals surface area contributed by atoms with Crippen LogP contribution in [0, 0.1) is 0 Å². The molecule has 0 bridgehead atoms. The summed E-state index contributed by atoms with van der Waals surface area (Å²) in [5.74, 6) is 0.764. The third kappa shape index (κ3) is 8.08. The number of ether oxygens (including phenoxy) is 1. The van der Waals surface area contributed by atoms with Crippen molar-refractivity contribution in [3.8, 4) is 0 Å². The molecule has 1 rings (SSSR count). The van der Waals surface area contributed by atoms with E-state index in [0.29, 0.717) is 6.61 Å². The van der Waals surface area contributed by atoms with Crippen LogP contribution in [0.5, 0.6) is 0 Å². The predicted octanol–water partition coefficient (Wildman–Crippen LogP) is 3.24. The minimum Gasteiger partial charge on any atom is -0.493 e. The highest BCUT2D eigenvalue weighted by atomic mass is 16.5. The highest BCUT2D eigenvalue weighted by Gasteiger charge is 1.93. The Labute approximate surface area is 104 Å². The van der Waals surface area contributed by atoms with Gasteiger partial charge >= 0.3 is 0 Å². The van der Waals surface area contributed by atoms with Crippen LogP contribution in [0.1, 0.15) is 26.3 Å². The molecule has 0 saturated carbocycles. The molecule has 1 N–H and O–H groups in total. The van der Waals surface area contributed by atoms with Crippen molar-refractivity contribution in [3.63, 3.8) is 0 Å². The van der Waals surface area contributed by atoms with Gasteiger partial charge in [-0.3, -0.25) is 5.21 Å². The highest BCUT2D eigenvalue weighted by Crippen LogP contribution is 2.04. The summed E-state index contributed by atoms with van der Waals surface area (Å²) in [5, 5.41) is 8.86. The molecule has 0 radical (unpaired) electrons. The van der Waals surface area contributed by atoms with Crippen molar-refractivity contribution in [2.45, 2.75) is 27.4 Å². The molecule has 0 spiro atoms. The Balaban J connectivity index is 0.00000121. The molecule has 0 heterocycles. The molecular formula is C14H22NO2+. The topological polar surface area (TPSA) is 32.5 Å². The summed E-state index contributed by atoms with van der Waals surface area (Å²) in [5.41, 5.74) is 1.13. The molecule has 0 atom stereocenters. The van der Waals surface area contributed by atoms with Crippen molar-refractivity contribution in [1.82, 2.24) is 0 Å². The predicted molar refractivity (Wildman–Crippen MR) is 70.4 cm³/mol. The molecule has 0 aliphatic carbocycles. The van der Waals surface area contributed by atoms with Crippen LogP contribution in [-0.4, -0.2) is 23.2 Å². The quantitative estimate of drug-likeness (QED) is 0.286. The van der Waals surface area contributed by atoms with Crippen molar-refractivity contribution >= 4 is 6.21 Å². The van der Waals surface area contributed by atoms with E-state index in [1.165, 1.54) is 6.21 Å². The van der Waals surface area contributed by atoms with E-state index in [0.717, 1.165) is 16.1 Å². The Morgan fingerprint density at radius 1 is 1.29 bits per heavy atom. The van der Waals surface area contributed by atoms with Crippen LogP contribution >= 0.6 is 0 Å². The van der Waals surface area contributed by atoms with Gasteiger partial charge in [0.2, 0.25) is 6.21 Å². The molecule has 94 valence electrons. The Kier molecular flexibility index (Phi) is 8.47. The summed E-state index contributed by atoms with van der Waals surface area (Å²) in [6.07, 6.45) is 3.24. The minimum absolute atomic E-state index is 0.548. The van der Waals surface area contributed by atoms with Gasteiger partial charge in [-0.05, 0) is 17.2 Å². The second kappa shape index (κ2) is 9.46. The number of hydrogen-bond donors (Lipinski definition) is 1. The first-order chi connectivity index (χ1) is 8.18. The van der Waals surface area contributed by atoms with Gasteiger partial charge in [-0.15, -0.1) is 0 Å². The summed E-state index contributed by atoms with van der Waals surface area (Å²) in [4.78, 5) is 0. The van der Waals surface area contributed by atoms with Gasteiger partial charge in [-0.25, -0.2) is 0 Å². The molecule has 17 heavy (non-hydrogen) atoms. The summed E-state index contributed by atoms with van der Waals surface area (Å²) in [7, 11) is 1.54. The molecule has 0 saturated heterocycles. The van der Waals surface area contributed by atoms with Crippen LogP contribution in [0.25, 0.3) is 0 Å². The summed E-state index contributed by atoms with van der Waals surface area (Å²) in [6.45, 7) is 6.40. The normalized spacial score (nSPS) is 11.5. The maximum Gasteiger partial charge on any atom is 0.218 e. The maximum absolute atomic E-state index is 8.86. The van der Waals surface area contributed by atoms with Crippen molar-refractivity contribution in [1.29, 1.82) is 0 Å². The molecule has 0 aliphatic heterocycles. The van der Waals surface area contributed by atoms with E-state index in [2.05, 4.69) is 0 Å². The van der Waals surface area contributed by atoms with E-state index < -0.39 is 0 Å². The van der Waals surface area contributed by atoms with Gasteiger partial charge in [-0.2, -0.15) is 0 Å². The summed E-state index contributed by atoms with van der Waals surface area (Å²) < 4.78 is 6.45. The van der Waals surface area contributed by atoms with E-state index in [1.807, 2.05) is 51.1 Å². The minimum atomic E-state index is 0.548. The van der Waals surface area contributed by atoms with Crippen LogP contribution < -0.4 is 0 Å². The van der Waals surface area contributed by atoms with Gasteiger partial charge in [0, 0.05) is 6.08 Å². The van der Waals surface area contributed by atoms with Crippen LogP contribution in [0.15, 0.2) is 42.2 Å². The van der Waals surface area contributed by atoms with E-state index in [9.17, 15) is 0 Å². The Hall–Kier alpha value is -1.77. The first-order valence-electron chi connectivity index (χ1n) is 5.78. The number of nitrogens with zero attached hydrogens (tertiary/aromatic N) is 1. The van der Waals surface area contributed by atoms with Crippen molar-refractivity contribution in [2.24, 2.45) is 0 Å². The third-order valence-electron chi connectivity index (χ3n) is 1.83. The lowest BCUT2D eigenvalue weighted by Crippen LogP contribution is -1.98. The van der Waals surface area contributed by atoms with Gasteiger partial charge in [0.1, 0.15) is 6.61 Å². The average molecular weight is 236 g/mol. The molecule has 3 nitrogen and oxygen atoms in total. The lowest BCUT2D eigenvalue weighted by atomic mass is 10.2. The van der Waals surface area contributed by atoms with Crippen LogP contribution in [0.2, 0.25) is 0 Å². The van der Waals surface area contributed by atoms with E-state index in [-0.39, 0.29) is 0 Å². The van der Waals surface area contributed by atoms with Crippen molar-refractivity contribution < 1.29 is 14.7 Å². The molecule has 3 heteroatoms. The van der Waals surface area contributed by atoms with E-state index in [4.69, 9.17) is 9.94 Å². The van der Waals surface area contributed by atoms with Crippen LogP contribution in [-0.2, 0) is 11.3 Å². The van der Waals surface area contributed by atoms with E-state index in [1.54, 1.807) is 13.1 Å². The van der Waals surface area contributed by atoms with Gasteiger partial charge in [-0.1, -0.05) is 44.2 Å². The largest absolute Gasteiger partial charge is 0.493 e. The van der Waals surface area contributed by atoms with Crippen molar-refractivity contribution in [2.75, 3.05) is 7.05 Å². The van der Waals surface area contributed by atoms with Crippen molar-refractivity contribution in [3.05, 3.63) is 47.7 Å². The fourth-order valence-corrected chi connectivity index (χ4v) is 1.03. The molecule has 0 amide bonds. The monoisotopic (exact) mass is 236 g/mol. The molecule has 0 fully saturated rings. The Morgan fingerprint density at radius 2 is 1.88 bits per heavy atom. The number of benzene rings is 1. The lowest BCUT2D eigenvalue weighted by molar-refractivity contribution is -0.750. The molecule has 0 aromatic heterocycles. The third-order valence-corrected chi connectivity index (χ3v) is 1.83. The van der Waals surface area contributed by atoms with Gasteiger partial charge in [0.05, 0.1) is 5.76 Å². The number of allylic oxidation sites excluding steroid dienone is 2. The summed E-state index contributed by atoms with van der Waals surface area (Å²) >= 11 is 0. The molecule has 0 aliphatic rings. The molecular weight excluding hydrogens is 214 g/mol. The van der Waals surface area contributed by atoms with Gasteiger partial charge in [0.25, 0.3) is 0 Å². The smallest absolute Gasteiger partial charge is 0.218 e. The standard InChI is InChI=1S/C12H16NO2.C2H6/c1-11(8-9-13(2)14)15-10-12-6-4-3-5-7-12;1-2/h3-9,14H,10H2,1-2H3;1-2H3/q+1;/b11-8+,13-9+;. The first kappa shape index (κ1) is 15.2. The van der Waals surface area contributed by atoms with Crippen LogP contribution in [0.3, 0.4) is 0 Å². The van der Waals surface area contributed by atoms with Gasteiger partial charge < -0.3 is 4.74 Å². The SMILES string of the molecule is C/C(=C\C=[N+](/C)O)OCc1ccccc1.CC. The number of hydroxylamine groups is 1. The van der Waals surface area contributed by atoms with E-state index >= 15 is 0 Å². The number of rotatable bonds is 4. The Bertz CT molecular complexity index is 352. The van der Waals surface area contributed by atoms with Gasteiger partial charge in [0.15, 0.2) is 7.05 Å². The fourth-order valence-electron chi connectivity index (χ4n) is 1.03.